The van der Waals surface area contributed by atoms with Gasteiger partial charge in [0, 0.05) is 15.7 Å². The fourth-order valence-electron chi connectivity index (χ4n) is 4.28. The number of amides is 1. The first kappa shape index (κ1) is 25.4. The minimum atomic E-state index is -0.754. The summed E-state index contributed by atoms with van der Waals surface area (Å²) in [6, 6.07) is 10.4. The van der Waals surface area contributed by atoms with Crippen LogP contribution in [0.15, 0.2) is 36.4 Å². The lowest BCUT2D eigenvalue weighted by atomic mass is 9.68. The molecule has 33 heavy (non-hydrogen) atoms. The fourth-order valence-corrected chi connectivity index (χ4v) is 4.87. The first-order valence-electron chi connectivity index (χ1n) is 11.6. The second kappa shape index (κ2) is 11.3. The van der Waals surface area contributed by atoms with Crippen LogP contribution in [0.4, 0.5) is 5.69 Å². The summed E-state index contributed by atoms with van der Waals surface area (Å²) in [5.41, 5.74) is 0.829. The van der Waals surface area contributed by atoms with Gasteiger partial charge in [-0.15, -0.1) is 0 Å². The van der Waals surface area contributed by atoms with Gasteiger partial charge in [-0.2, -0.15) is 0 Å². The number of nitrogens with one attached hydrogen (secondary N) is 1. The predicted octanol–water partition coefficient (Wildman–Crippen LogP) is 7.19. The summed E-state index contributed by atoms with van der Waals surface area (Å²) in [4.78, 5) is 26.3. The van der Waals surface area contributed by atoms with E-state index in [0.29, 0.717) is 34.3 Å². The van der Waals surface area contributed by atoms with Crippen molar-refractivity contribution in [3.8, 4) is 5.75 Å². The van der Waals surface area contributed by atoms with Gasteiger partial charge in [0.2, 0.25) is 5.91 Å². The number of rotatable bonds is 8. The van der Waals surface area contributed by atoms with E-state index >= 15 is 0 Å². The average molecular weight is 492 g/mol. The summed E-state index contributed by atoms with van der Waals surface area (Å²) in [6.07, 6.45) is 5.07. The van der Waals surface area contributed by atoms with Gasteiger partial charge in [-0.1, -0.05) is 55.5 Å². The summed E-state index contributed by atoms with van der Waals surface area (Å²) < 4.78 is 11.1. The van der Waals surface area contributed by atoms with Crippen molar-refractivity contribution < 1.29 is 19.1 Å². The SMILES string of the molecule is CCOC(=O)c1cc(NC(=O)C2(c3ccc(Cl)cc3Cl)CCCCC2)ccc1O[C@@H](C)CC. The molecule has 1 saturated carbocycles. The molecule has 1 fully saturated rings. The highest BCUT2D eigenvalue weighted by Crippen LogP contribution is 2.44. The van der Waals surface area contributed by atoms with E-state index < -0.39 is 11.4 Å². The Hall–Kier alpha value is -2.24. The van der Waals surface area contributed by atoms with Gasteiger partial charge < -0.3 is 14.8 Å². The molecule has 2 aromatic rings. The standard InChI is InChI=1S/C26H31Cl2NO4/c1-4-17(3)33-23-12-10-19(16-20(23)24(30)32-5-2)29-25(31)26(13-7-6-8-14-26)21-11-9-18(27)15-22(21)28/h9-12,15-17H,4-8,13-14H2,1-3H3,(H,29,31)/t17-/m0/s1. The predicted molar refractivity (Wildman–Crippen MR) is 133 cm³/mol. The zero-order chi connectivity index (χ0) is 24.0. The molecule has 3 rings (SSSR count). The number of halogens is 2. The van der Waals surface area contributed by atoms with E-state index in [1.807, 2.05) is 19.9 Å². The fraction of sp³-hybridized carbons (Fsp3) is 0.462. The van der Waals surface area contributed by atoms with Crippen LogP contribution in [0.1, 0.15) is 75.2 Å². The number of hydrogen-bond acceptors (Lipinski definition) is 4. The highest BCUT2D eigenvalue weighted by molar-refractivity contribution is 6.35. The molecule has 0 radical (unpaired) electrons. The van der Waals surface area contributed by atoms with Crippen molar-refractivity contribution >= 4 is 40.8 Å². The molecule has 0 spiro atoms. The number of benzene rings is 2. The second-order valence-electron chi connectivity index (χ2n) is 8.49. The Bertz CT molecular complexity index is 1000. The van der Waals surface area contributed by atoms with Crippen molar-refractivity contribution in [3.63, 3.8) is 0 Å². The molecule has 0 unspecified atom stereocenters. The Morgan fingerprint density at radius 3 is 2.42 bits per heavy atom. The van der Waals surface area contributed by atoms with E-state index in [2.05, 4.69) is 5.32 Å². The Kier molecular flexibility index (Phi) is 8.66. The van der Waals surface area contributed by atoms with E-state index in [1.54, 1.807) is 37.3 Å². The van der Waals surface area contributed by atoms with E-state index in [9.17, 15) is 9.59 Å². The third-order valence-electron chi connectivity index (χ3n) is 6.22. The molecule has 1 aliphatic rings. The topological polar surface area (TPSA) is 64.6 Å². The molecule has 5 nitrogen and oxygen atoms in total. The van der Waals surface area contributed by atoms with Gasteiger partial charge in [0.05, 0.1) is 18.1 Å². The summed E-state index contributed by atoms with van der Waals surface area (Å²) in [5.74, 6) is -0.189. The molecular formula is C26H31Cl2NO4. The molecule has 0 aliphatic heterocycles. The van der Waals surface area contributed by atoms with Crippen LogP contribution in [0, 0.1) is 0 Å². The molecule has 1 amide bonds. The van der Waals surface area contributed by atoms with Crippen LogP contribution in [0.5, 0.6) is 5.75 Å². The normalized spacial score (nSPS) is 16.0. The zero-order valence-electron chi connectivity index (χ0n) is 19.4. The average Bonchev–Trinajstić information content (AvgIpc) is 2.80. The molecule has 1 aliphatic carbocycles. The molecular weight excluding hydrogens is 461 g/mol. The van der Waals surface area contributed by atoms with Crippen LogP contribution >= 0.6 is 23.2 Å². The van der Waals surface area contributed by atoms with Crippen molar-refractivity contribution in [2.45, 2.75) is 70.8 Å². The maximum atomic E-state index is 13.7. The number of anilines is 1. The lowest BCUT2D eigenvalue weighted by molar-refractivity contribution is -0.122. The molecule has 0 heterocycles. The van der Waals surface area contributed by atoms with Crippen LogP contribution in [-0.2, 0) is 14.9 Å². The minimum Gasteiger partial charge on any atom is -0.490 e. The van der Waals surface area contributed by atoms with Crippen LogP contribution < -0.4 is 10.1 Å². The Morgan fingerprint density at radius 2 is 1.79 bits per heavy atom. The van der Waals surface area contributed by atoms with Crippen LogP contribution in [-0.4, -0.2) is 24.6 Å². The van der Waals surface area contributed by atoms with E-state index in [4.69, 9.17) is 32.7 Å². The van der Waals surface area contributed by atoms with Crippen molar-refractivity contribution in [2.24, 2.45) is 0 Å². The number of ether oxygens (including phenoxy) is 2. The number of hydrogen-bond donors (Lipinski definition) is 1. The summed E-state index contributed by atoms with van der Waals surface area (Å²) in [5, 5.41) is 4.05. The maximum Gasteiger partial charge on any atom is 0.341 e. The highest BCUT2D eigenvalue weighted by Gasteiger charge is 2.42. The molecule has 1 N–H and O–H groups in total. The third-order valence-corrected chi connectivity index (χ3v) is 6.77. The maximum absolute atomic E-state index is 13.7. The van der Waals surface area contributed by atoms with Crippen molar-refractivity contribution in [1.29, 1.82) is 0 Å². The van der Waals surface area contributed by atoms with Crippen LogP contribution in [0.2, 0.25) is 10.0 Å². The number of carbonyl (C=O) groups excluding carboxylic acids is 2. The van der Waals surface area contributed by atoms with Crippen LogP contribution in [0.3, 0.4) is 0 Å². The Morgan fingerprint density at radius 1 is 1.06 bits per heavy atom. The monoisotopic (exact) mass is 491 g/mol. The number of esters is 1. The quantitative estimate of drug-likeness (QED) is 0.396. The van der Waals surface area contributed by atoms with E-state index in [1.165, 1.54) is 0 Å². The van der Waals surface area contributed by atoms with Gasteiger partial charge >= 0.3 is 5.97 Å². The molecule has 0 aromatic heterocycles. The first-order chi connectivity index (χ1) is 15.8. The molecule has 7 heteroatoms. The van der Waals surface area contributed by atoms with E-state index in [-0.39, 0.29) is 24.2 Å². The molecule has 2 aromatic carbocycles. The molecule has 0 bridgehead atoms. The van der Waals surface area contributed by atoms with Gasteiger partial charge in [-0.3, -0.25) is 4.79 Å². The highest BCUT2D eigenvalue weighted by atomic mass is 35.5. The zero-order valence-corrected chi connectivity index (χ0v) is 20.9. The Balaban J connectivity index is 1.95. The summed E-state index contributed by atoms with van der Waals surface area (Å²) >= 11 is 12.6. The first-order valence-corrected chi connectivity index (χ1v) is 12.3. The lowest BCUT2D eigenvalue weighted by Gasteiger charge is -2.37. The largest absolute Gasteiger partial charge is 0.490 e. The van der Waals surface area contributed by atoms with E-state index in [0.717, 1.165) is 31.2 Å². The van der Waals surface area contributed by atoms with Gasteiger partial charge in [-0.25, -0.2) is 4.79 Å². The molecule has 178 valence electrons. The minimum absolute atomic E-state index is 0.0591. The number of carbonyl (C=O) groups is 2. The summed E-state index contributed by atoms with van der Waals surface area (Å²) in [6.45, 7) is 5.94. The summed E-state index contributed by atoms with van der Waals surface area (Å²) in [7, 11) is 0. The van der Waals surface area contributed by atoms with Crippen molar-refractivity contribution in [2.75, 3.05) is 11.9 Å². The Labute approximate surface area is 205 Å². The van der Waals surface area contributed by atoms with Gasteiger partial charge in [0.15, 0.2) is 0 Å². The van der Waals surface area contributed by atoms with Crippen molar-refractivity contribution in [3.05, 3.63) is 57.6 Å². The van der Waals surface area contributed by atoms with Crippen LogP contribution in [0.25, 0.3) is 0 Å². The van der Waals surface area contributed by atoms with Gasteiger partial charge in [-0.05, 0) is 69.0 Å². The second-order valence-corrected chi connectivity index (χ2v) is 9.33. The third kappa shape index (κ3) is 5.82. The lowest BCUT2D eigenvalue weighted by Crippen LogP contribution is -2.42. The van der Waals surface area contributed by atoms with Gasteiger partial charge in [0.1, 0.15) is 11.3 Å². The molecule has 0 saturated heterocycles. The smallest absolute Gasteiger partial charge is 0.341 e. The molecule has 1 atom stereocenters. The van der Waals surface area contributed by atoms with Gasteiger partial charge in [0.25, 0.3) is 0 Å². The van der Waals surface area contributed by atoms with Crippen molar-refractivity contribution in [1.82, 2.24) is 0 Å².